The first-order valence-electron chi connectivity index (χ1n) is 10.4. The van der Waals surface area contributed by atoms with Gasteiger partial charge in [0.1, 0.15) is 0 Å². The number of carbonyl (C=O) groups is 3. The molecule has 3 N–H and O–H groups in total. The zero-order chi connectivity index (χ0) is 21.7. The molecule has 1 aliphatic rings. The molecule has 1 aliphatic carbocycles. The smallest absolute Gasteiger partial charge is 0.407 e. The molecule has 0 aromatic rings. The Labute approximate surface area is 174 Å². The number of rotatable bonds is 13. The molecule has 0 spiro atoms. The van der Waals surface area contributed by atoms with Crippen LogP contribution in [0.25, 0.3) is 0 Å². The van der Waals surface area contributed by atoms with Crippen molar-refractivity contribution >= 4 is 17.9 Å². The van der Waals surface area contributed by atoms with E-state index >= 15 is 0 Å². The topological polar surface area (TPSA) is 106 Å². The second kappa shape index (κ2) is 19.0. The number of amides is 3. The molecule has 0 saturated heterocycles. The maximum absolute atomic E-state index is 11.6. The standard InChI is InChI=1S/C19H31N3O5.C2H6/c1-20-17(23)9-10-18(24)21-11-5-13-26-14-6-12-22-19(25)27-15-16-7-3-2-4-8-16;1-2/h2-4,7,16H,5-6,8-15H2,1H3,(H,20,23)(H,21,24)(H,22,25);1-2H3. The second-order valence-electron chi connectivity index (χ2n) is 6.18. The second-order valence-corrected chi connectivity index (χ2v) is 6.18. The van der Waals surface area contributed by atoms with Gasteiger partial charge in [-0.1, -0.05) is 38.2 Å². The first kappa shape index (κ1) is 26.6. The van der Waals surface area contributed by atoms with Gasteiger partial charge in [0.25, 0.3) is 0 Å². The van der Waals surface area contributed by atoms with Gasteiger partial charge in [0.05, 0.1) is 6.61 Å². The van der Waals surface area contributed by atoms with Gasteiger partial charge >= 0.3 is 6.09 Å². The van der Waals surface area contributed by atoms with Crippen LogP contribution in [0.1, 0.15) is 46.0 Å². The fourth-order valence-electron chi connectivity index (χ4n) is 2.30. The fourth-order valence-corrected chi connectivity index (χ4v) is 2.30. The number of allylic oxidation sites excluding steroid dienone is 3. The molecule has 29 heavy (non-hydrogen) atoms. The molecule has 8 heteroatoms. The average molecular weight is 412 g/mol. The highest BCUT2D eigenvalue weighted by atomic mass is 16.5. The van der Waals surface area contributed by atoms with Gasteiger partial charge in [0, 0.05) is 52.1 Å². The summed E-state index contributed by atoms with van der Waals surface area (Å²) in [5.41, 5.74) is 0. The molecule has 8 nitrogen and oxygen atoms in total. The molecule has 0 aromatic carbocycles. The van der Waals surface area contributed by atoms with E-state index in [4.69, 9.17) is 9.47 Å². The zero-order valence-electron chi connectivity index (χ0n) is 18.0. The van der Waals surface area contributed by atoms with E-state index in [1.54, 1.807) is 7.05 Å². The molecule has 0 aliphatic heterocycles. The lowest BCUT2D eigenvalue weighted by Gasteiger charge is -2.13. The van der Waals surface area contributed by atoms with Crippen molar-refractivity contribution < 1.29 is 23.9 Å². The first-order valence-corrected chi connectivity index (χ1v) is 10.4. The summed E-state index contributed by atoms with van der Waals surface area (Å²) in [7, 11) is 1.54. The minimum Gasteiger partial charge on any atom is -0.449 e. The van der Waals surface area contributed by atoms with E-state index in [-0.39, 0.29) is 30.6 Å². The lowest BCUT2D eigenvalue weighted by atomic mass is 10.0. The highest BCUT2D eigenvalue weighted by molar-refractivity contribution is 5.83. The van der Waals surface area contributed by atoms with E-state index < -0.39 is 6.09 Å². The van der Waals surface area contributed by atoms with Crippen LogP contribution in [0.5, 0.6) is 0 Å². The van der Waals surface area contributed by atoms with E-state index in [9.17, 15) is 14.4 Å². The van der Waals surface area contributed by atoms with Crippen LogP contribution in [0.2, 0.25) is 0 Å². The van der Waals surface area contributed by atoms with Gasteiger partial charge in [-0.2, -0.15) is 0 Å². The maximum Gasteiger partial charge on any atom is 0.407 e. The number of ether oxygens (including phenoxy) is 2. The molecule has 0 radical (unpaired) electrons. The van der Waals surface area contributed by atoms with Crippen molar-refractivity contribution in [3.63, 3.8) is 0 Å². The Morgan fingerprint density at radius 2 is 1.62 bits per heavy atom. The summed E-state index contributed by atoms with van der Waals surface area (Å²) >= 11 is 0. The van der Waals surface area contributed by atoms with Crippen LogP contribution in [-0.2, 0) is 19.1 Å². The number of alkyl carbamates (subject to hydrolysis) is 1. The van der Waals surface area contributed by atoms with Crippen molar-refractivity contribution in [1.29, 1.82) is 0 Å². The summed E-state index contributed by atoms with van der Waals surface area (Å²) in [6, 6.07) is 0. The minimum absolute atomic E-state index is 0.138. The lowest BCUT2D eigenvalue weighted by molar-refractivity contribution is -0.126. The average Bonchev–Trinajstić information content (AvgIpc) is 2.76. The largest absolute Gasteiger partial charge is 0.449 e. The van der Waals surface area contributed by atoms with Gasteiger partial charge in [-0.25, -0.2) is 4.79 Å². The predicted molar refractivity (Wildman–Crippen MR) is 113 cm³/mol. The summed E-state index contributed by atoms with van der Waals surface area (Å²) in [5, 5.41) is 7.90. The van der Waals surface area contributed by atoms with Gasteiger partial charge < -0.3 is 25.4 Å². The molecular formula is C21H37N3O5. The molecule has 0 fully saturated rings. The van der Waals surface area contributed by atoms with E-state index in [1.165, 1.54) is 0 Å². The van der Waals surface area contributed by atoms with Gasteiger partial charge in [-0.05, 0) is 19.3 Å². The molecule has 0 heterocycles. The SMILES string of the molecule is CC.CNC(=O)CCC(=O)NCCCOCCCNC(=O)OCC1C=CC=CC1. The van der Waals surface area contributed by atoms with Crippen molar-refractivity contribution in [3.8, 4) is 0 Å². The molecule has 0 aromatic heterocycles. The van der Waals surface area contributed by atoms with Gasteiger partial charge in [-0.3, -0.25) is 9.59 Å². The van der Waals surface area contributed by atoms with Crippen LogP contribution in [0.4, 0.5) is 4.79 Å². The molecular weight excluding hydrogens is 374 g/mol. The quantitative estimate of drug-likeness (QED) is 0.403. The zero-order valence-corrected chi connectivity index (χ0v) is 18.0. The predicted octanol–water partition coefficient (Wildman–Crippen LogP) is 2.31. The van der Waals surface area contributed by atoms with Crippen molar-refractivity contribution in [1.82, 2.24) is 16.0 Å². The van der Waals surface area contributed by atoms with E-state index in [2.05, 4.69) is 22.0 Å². The molecule has 1 rings (SSSR count). The summed E-state index contributed by atoms with van der Waals surface area (Å²) in [6.45, 7) is 6.46. The van der Waals surface area contributed by atoms with Crippen molar-refractivity contribution in [2.45, 2.75) is 46.0 Å². The van der Waals surface area contributed by atoms with Crippen LogP contribution < -0.4 is 16.0 Å². The normalized spacial score (nSPS) is 14.4. The Balaban J connectivity index is 0.00000379. The third-order valence-electron chi connectivity index (χ3n) is 3.88. The molecule has 1 unspecified atom stereocenters. The summed E-state index contributed by atoms with van der Waals surface area (Å²) in [5.74, 6) is -0.0246. The maximum atomic E-state index is 11.6. The Morgan fingerprint density at radius 1 is 0.966 bits per heavy atom. The monoisotopic (exact) mass is 411 g/mol. The van der Waals surface area contributed by atoms with Gasteiger partial charge in [0.2, 0.25) is 11.8 Å². The third-order valence-corrected chi connectivity index (χ3v) is 3.88. The molecule has 3 amide bonds. The number of nitrogens with one attached hydrogen (secondary N) is 3. The van der Waals surface area contributed by atoms with Gasteiger partial charge in [0.15, 0.2) is 0 Å². The summed E-state index contributed by atoms with van der Waals surface area (Å²) in [4.78, 5) is 34.0. The number of carbonyl (C=O) groups excluding carboxylic acids is 3. The highest BCUT2D eigenvalue weighted by Gasteiger charge is 2.09. The Morgan fingerprint density at radius 3 is 2.24 bits per heavy atom. The van der Waals surface area contributed by atoms with Crippen LogP contribution in [0, 0.1) is 5.92 Å². The first-order chi connectivity index (χ1) is 14.1. The molecule has 1 atom stereocenters. The molecule has 0 saturated carbocycles. The lowest BCUT2D eigenvalue weighted by Crippen LogP contribution is -2.28. The fraction of sp³-hybridized carbons (Fsp3) is 0.667. The highest BCUT2D eigenvalue weighted by Crippen LogP contribution is 2.11. The van der Waals surface area contributed by atoms with Gasteiger partial charge in [-0.15, -0.1) is 0 Å². The Bertz CT molecular complexity index is 520. The minimum atomic E-state index is -0.405. The third kappa shape index (κ3) is 16.3. The van der Waals surface area contributed by atoms with Crippen molar-refractivity contribution in [3.05, 3.63) is 24.3 Å². The van der Waals surface area contributed by atoms with Crippen LogP contribution >= 0.6 is 0 Å². The molecule has 166 valence electrons. The number of hydrogen-bond acceptors (Lipinski definition) is 5. The van der Waals surface area contributed by atoms with E-state index in [0.717, 1.165) is 6.42 Å². The van der Waals surface area contributed by atoms with Crippen LogP contribution in [-0.4, -0.2) is 57.9 Å². The molecule has 0 bridgehead atoms. The van der Waals surface area contributed by atoms with Crippen molar-refractivity contribution in [2.24, 2.45) is 5.92 Å². The number of hydrogen-bond donors (Lipinski definition) is 3. The van der Waals surface area contributed by atoms with E-state index in [1.807, 2.05) is 32.1 Å². The van der Waals surface area contributed by atoms with Crippen molar-refractivity contribution in [2.75, 3.05) is 40.0 Å². The summed E-state index contributed by atoms with van der Waals surface area (Å²) in [6.07, 6.45) is 10.3. The van der Waals surface area contributed by atoms with Crippen LogP contribution in [0.3, 0.4) is 0 Å². The Kier molecular flexibility index (Phi) is 17.4. The summed E-state index contributed by atoms with van der Waals surface area (Å²) < 4.78 is 10.6. The Hall–Kier alpha value is -2.35. The van der Waals surface area contributed by atoms with Crippen LogP contribution in [0.15, 0.2) is 24.3 Å². The van der Waals surface area contributed by atoms with E-state index in [0.29, 0.717) is 45.8 Å².